The van der Waals surface area contributed by atoms with Crippen molar-refractivity contribution in [1.29, 1.82) is 5.26 Å². The number of hydrogen-bond acceptors (Lipinski definition) is 4. The Balaban J connectivity index is 1.70. The maximum absolute atomic E-state index is 13.0. The highest BCUT2D eigenvalue weighted by molar-refractivity contribution is 7.15. The summed E-state index contributed by atoms with van der Waals surface area (Å²) in [5.74, 6) is -0.978. The molecule has 0 saturated heterocycles. The molecule has 0 spiro atoms. The second-order valence-corrected chi connectivity index (χ2v) is 7.68. The van der Waals surface area contributed by atoms with Gasteiger partial charge in [-0.2, -0.15) is 5.26 Å². The summed E-state index contributed by atoms with van der Waals surface area (Å²) in [5.41, 5.74) is 1.33. The summed E-state index contributed by atoms with van der Waals surface area (Å²) in [5, 5.41) is 13.3. The average molecular weight is 432 g/mol. The molecule has 0 atom stereocenters. The molecule has 1 heterocycles. The van der Waals surface area contributed by atoms with Crippen LogP contribution in [0, 0.1) is 17.1 Å². The molecule has 4 nitrogen and oxygen atoms in total. The molecule has 0 aliphatic rings. The molecule has 8 heteroatoms. The molecule has 1 amide bonds. The van der Waals surface area contributed by atoms with Crippen molar-refractivity contribution in [3.05, 3.63) is 86.1 Å². The fourth-order valence-electron chi connectivity index (χ4n) is 2.34. The Morgan fingerprint density at radius 2 is 2.00 bits per heavy atom. The first-order valence-electron chi connectivity index (χ1n) is 8.02. The van der Waals surface area contributed by atoms with Gasteiger partial charge in [0.1, 0.15) is 17.5 Å². The zero-order valence-electron chi connectivity index (χ0n) is 14.2. The van der Waals surface area contributed by atoms with E-state index in [0.29, 0.717) is 27.2 Å². The summed E-state index contributed by atoms with van der Waals surface area (Å²) in [6, 6.07) is 12.6. The molecular weight excluding hydrogens is 420 g/mol. The zero-order chi connectivity index (χ0) is 20.1. The lowest BCUT2D eigenvalue weighted by Crippen LogP contribution is -2.13. The Bertz CT molecular complexity index is 1090. The van der Waals surface area contributed by atoms with Crippen molar-refractivity contribution >= 4 is 51.7 Å². The minimum absolute atomic E-state index is 0.107. The molecule has 1 aromatic heterocycles. The number of halogens is 3. The number of carbonyl (C=O) groups excluding carboxylic acids is 1. The number of nitriles is 1. The first kappa shape index (κ1) is 20.0. The van der Waals surface area contributed by atoms with E-state index in [-0.39, 0.29) is 5.57 Å². The molecule has 0 radical (unpaired) electrons. The molecule has 0 bridgehead atoms. The fourth-order valence-corrected chi connectivity index (χ4v) is 3.64. The van der Waals surface area contributed by atoms with Gasteiger partial charge in [0.05, 0.1) is 0 Å². The Morgan fingerprint density at radius 1 is 1.25 bits per heavy atom. The van der Waals surface area contributed by atoms with Gasteiger partial charge in [0.15, 0.2) is 5.13 Å². The SMILES string of the molecule is N#CC(=Cc1ccc(F)cc1)C(=O)Nc1ncc(Cc2ccc(Cl)cc2Cl)s1. The third kappa shape index (κ3) is 5.17. The normalized spacial score (nSPS) is 11.1. The summed E-state index contributed by atoms with van der Waals surface area (Å²) < 4.78 is 13.0. The molecular formula is C20H12Cl2FN3OS. The van der Waals surface area contributed by atoms with Gasteiger partial charge in [0.2, 0.25) is 0 Å². The molecule has 0 unspecified atom stereocenters. The van der Waals surface area contributed by atoms with Crippen LogP contribution < -0.4 is 5.32 Å². The van der Waals surface area contributed by atoms with E-state index >= 15 is 0 Å². The topological polar surface area (TPSA) is 65.8 Å². The van der Waals surface area contributed by atoms with E-state index in [2.05, 4.69) is 10.3 Å². The highest BCUT2D eigenvalue weighted by Crippen LogP contribution is 2.27. The van der Waals surface area contributed by atoms with E-state index in [1.54, 1.807) is 18.3 Å². The van der Waals surface area contributed by atoms with Crippen molar-refractivity contribution in [1.82, 2.24) is 4.98 Å². The average Bonchev–Trinajstić information content (AvgIpc) is 3.10. The summed E-state index contributed by atoms with van der Waals surface area (Å²) in [4.78, 5) is 17.4. The molecule has 2 aromatic carbocycles. The first-order valence-corrected chi connectivity index (χ1v) is 9.59. The molecule has 0 fully saturated rings. The van der Waals surface area contributed by atoms with E-state index in [4.69, 9.17) is 23.2 Å². The van der Waals surface area contributed by atoms with Gasteiger partial charge in [0, 0.05) is 27.5 Å². The predicted octanol–water partition coefficient (Wildman–Crippen LogP) is 5.73. The zero-order valence-corrected chi connectivity index (χ0v) is 16.6. The third-order valence-corrected chi connectivity index (χ3v) is 5.20. The second kappa shape index (κ2) is 8.98. The number of nitrogens with zero attached hydrogens (tertiary/aromatic N) is 2. The maximum Gasteiger partial charge on any atom is 0.268 e. The smallest absolute Gasteiger partial charge is 0.268 e. The van der Waals surface area contributed by atoms with Crippen LogP contribution in [0.15, 0.2) is 54.2 Å². The van der Waals surface area contributed by atoms with E-state index in [1.807, 2.05) is 12.1 Å². The highest BCUT2D eigenvalue weighted by Gasteiger charge is 2.13. The number of aromatic nitrogens is 1. The number of anilines is 1. The minimum Gasteiger partial charge on any atom is -0.297 e. The van der Waals surface area contributed by atoms with Gasteiger partial charge < -0.3 is 0 Å². The van der Waals surface area contributed by atoms with Gasteiger partial charge in [-0.1, -0.05) is 41.4 Å². The summed E-state index contributed by atoms with van der Waals surface area (Å²) >= 11 is 13.4. The van der Waals surface area contributed by atoms with Crippen molar-refractivity contribution < 1.29 is 9.18 Å². The van der Waals surface area contributed by atoms with Gasteiger partial charge >= 0.3 is 0 Å². The van der Waals surface area contributed by atoms with Crippen LogP contribution in [-0.4, -0.2) is 10.9 Å². The molecule has 0 aliphatic carbocycles. The Labute approximate surface area is 174 Å². The molecule has 0 saturated carbocycles. The van der Waals surface area contributed by atoms with Gasteiger partial charge in [-0.3, -0.25) is 10.1 Å². The van der Waals surface area contributed by atoms with E-state index in [1.165, 1.54) is 41.7 Å². The van der Waals surface area contributed by atoms with Crippen LogP contribution in [0.4, 0.5) is 9.52 Å². The number of thiazole rings is 1. The molecule has 1 N–H and O–H groups in total. The van der Waals surface area contributed by atoms with Gasteiger partial charge in [0.25, 0.3) is 5.91 Å². The van der Waals surface area contributed by atoms with Crippen molar-refractivity contribution in [2.45, 2.75) is 6.42 Å². The third-order valence-electron chi connectivity index (χ3n) is 3.70. The van der Waals surface area contributed by atoms with Crippen molar-refractivity contribution in [3.63, 3.8) is 0 Å². The monoisotopic (exact) mass is 431 g/mol. The highest BCUT2D eigenvalue weighted by atomic mass is 35.5. The summed E-state index contributed by atoms with van der Waals surface area (Å²) in [7, 11) is 0. The fraction of sp³-hybridized carbons (Fsp3) is 0.0500. The van der Waals surface area contributed by atoms with Crippen LogP contribution in [0.2, 0.25) is 10.0 Å². The summed E-state index contributed by atoms with van der Waals surface area (Å²) in [6.07, 6.45) is 3.57. The quantitative estimate of drug-likeness (QED) is 0.414. The molecule has 0 aliphatic heterocycles. The van der Waals surface area contributed by atoms with Crippen LogP contribution in [0.1, 0.15) is 16.0 Å². The van der Waals surface area contributed by atoms with Crippen LogP contribution >= 0.6 is 34.5 Å². The number of rotatable bonds is 5. The number of nitrogens with one attached hydrogen (secondary N) is 1. The number of carbonyl (C=O) groups is 1. The lowest BCUT2D eigenvalue weighted by atomic mass is 10.1. The minimum atomic E-state index is -0.586. The number of benzene rings is 2. The lowest BCUT2D eigenvalue weighted by molar-refractivity contribution is -0.112. The first-order chi connectivity index (χ1) is 13.4. The van der Waals surface area contributed by atoms with Gasteiger partial charge in [-0.25, -0.2) is 9.37 Å². The largest absolute Gasteiger partial charge is 0.297 e. The Morgan fingerprint density at radius 3 is 2.68 bits per heavy atom. The van der Waals surface area contributed by atoms with E-state index in [0.717, 1.165) is 10.4 Å². The van der Waals surface area contributed by atoms with Crippen LogP contribution in [0.5, 0.6) is 0 Å². The van der Waals surface area contributed by atoms with Crippen LogP contribution in [-0.2, 0) is 11.2 Å². The van der Waals surface area contributed by atoms with Crippen molar-refractivity contribution in [2.24, 2.45) is 0 Å². The standard InChI is InChI=1S/C20H12Cl2FN3OS/c21-15-4-3-13(18(22)9-15)8-17-11-25-20(28-17)26-19(27)14(10-24)7-12-1-5-16(23)6-2-12/h1-7,9,11H,8H2,(H,25,26,27). The molecule has 28 heavy (non-hydrogen) atoms. The maximum atomic E-state index is 13.0. The predicted molar refractivity (Wildman–Crippen MR) is 110 cm³/mol. The van der Waals surface area contributed by atoms with Crippen LogP contribution in [0.25, 0.3) is 6.08 Å². The van der Waals surface area contributed by atoms with Crippen molar-refractivity contribution in [2.75, 3.05) is 5.32 Å². The van der Waals surface area contributed by atoms with Gasteiger partial charge in [-0.05, 0) is 41.5 Å². The summed E-state index contributed by atoms with van der Waals surface area (Å²) in [6.45, 7) is 0. The Kier molecular flexibility index (Phi) is 6.42. The second-order valence-electron chi connectivity index (χ2n) is 5.72. The van der Waals surface area contributed by atoms with E-state index < -0.39 is 11.7 Å². The van der Waals surface area contributed by atoms with Crippen molar-refractivity contribution in [3.8, 4) is 6.07 Å². The molecule has 140 valence electrons. The molecule has 3 aromatic rings. The van der Waals surface area contributed by atoms with Gasteiger partial charge in [-0.15, -0.1) is 11.3 Å². The lowest BCUT2D eigenvalue weighted by Gasteiger charge is -2.02. The number of hydrogen-bond donors (Lipinski definition) is 1. The van der Waals surface area contributed by atoms with Crippen LogP contribution in [0.3, 0.4) is 0 Å². The Hall–Kier alpha value is -2.72. The van der Waals surface area contributed by atoms with E-state index in [9.17, 15) is 14.4 Å². The number of amides is 1. The molecule has 3 rings (SSSR count).